The number of nitrogens with zero attached hydrogens (tertiary/aromatic N) is 2. The zero-order valence-electron chi connectivity index (χ0n) is 19.1. The molecule has 2 aliphatic rings. The number of piperidine rings is 1. The molecular weight excluding hydrogens is 442 g/mol. The molecule has 0 aliphatic carbocycles. The van der Waals surface area contributed by atoms with Crippen LogP contribution in [0.2, 0.25) is 0 Å². The average molecular weight is 474 g/mol. The van der Waals surface area contributed by atoms with E-state index in [0.29, 0.717) is 25.1 Å². The summed E-state index contributed by atoms with van der Waals surface area (Å²) in [5.41, 5.74) is 2.41. The summed E-state index contributed by atoms with van der Waals surface area (Å²) in [5, 5.41) is 6.86. The summed E-state index contributed by atoms with van der Waals surface area (Å²) in [6.07, 6.45) is 6.51. The Labute approximate surface area is 195 Å². The van der Waals surface area contributed by atoms with Crippen LogP contribution in [0, 0.1) is 19.8 Å². The number of hydrogen-bond donors (Lipinski definition) is 1. The van der Waals surface area contributed by atoms with Gasteiger partial charge in [-0.1, -0.05) is 41.1 Å². The average Bonchev–Trinajstić information content (AvgIpc) is 3.47. The van der Waals surface area contributed by atoms with Gasteiger partial charge in [0, 0.05) is 32.2 Å². The van der Waals surface area contributed by atoms with Crippen LogP contribution in [0.1, 0.15) is 48.3 Å². The zero-order valence-corrected chi connectivity index (χ0v) is 19.9. The van der Waals surface area contributed by atoms with Crippen LogP contribution in [-0.2, 0) is 19.6 Å². The Morgan fingerprint density at radius 1 is 1.15 bits per heavy atom. The molecular formula is C24H31N3O5S. The first-order valence-electron chi connectivity index (χ1n) is 11.4. The van der Waals surface area contributed by atoms with Gasteiger partial charge in [0.15, 0.2) is 10.7 Å². The van der Waals surface area contributed by atoms with E-state index in [9.17, 15) is 13.2 Å². The van der Waals surface area contributed by atoms with Crippen molar-refractivity contribution in [1.82, 2.24) is 14.8 Å². The summed E-state index contributed by atoms with van der Waals surface area (Å²) in [4.78, 5) is 12.6. The predicted octanol–water partition coefficient (Wildman–Crippen LogP) is 3.16. The Morgan fingerprint density at radius 3 is 2.55 bits per heavy atom. The van der Waals surface area contributed by atoms with Crippen molar-refractivity contribution >= 4 is 28.1 Å². The lowest BCUT2D eigenvalue weighted by Crippen LogP contribution is -2.44. The third-order valence-electron chi connectivity index (χ3n) is 6.29. The third kappa shape index (κ3) is 5.54. The molecule has 2 aromatic rings. The molecule has 1 aromatic carbocycles. The maximum atomic E-state index is 13.4. The zero-order chi connectivity index (χ0) is 23.4. The lowest BCUT2D eigenvalue weighted by molar-refractivity contribution is -0.126. The summed E-state index contributed by atoms with van der Waals surface area (Å²) in [7, 11) is -3.79. The number of rotatable bonds is 7. The lowest BCUT2D eigenvalue weighted by atomic mass is 9.97. The van der Waals surface area contributed by atoms with Gasteiger partial charge in [-0.15, -0.1) is 0 Å². The molecule has 33 heavy (non-hydrogen) atoms. The van der Waals surface area contributed by atoms with E-state index in [1.165, 1.54) is 4.31 Å². The summed E-state index contributed by atoms with van der Waals surface area (Å²) in [6.45, 7) is 5.48. The first-order chi connectivity index (χ1) is 15.8. The summed E-state index contributed by atoms with van der Waals surface area (Å²) in [5.74, 6) is -0.00254. The number of hydrogen-bond acceptors (Lipinski definition) is 6. The highest BCUT2D eigenvalue weighted by atomic mass is 32.2. The second-order valence-electron chi connectivity index (χ2n) is 8.76. The van der Waals surface area contributed by atoms with E-state index in [1.54, 1.807) is 13.0 Å². The van der Waals surface area contributed by atoms with Crippen molar-refractivity contribution in [3.05, 3.63) is 46.8 Å². The number of amides is 1. The van der Waals surface area contributed by atoms with Crippen molar-refractivity contribution in [3.8, 4) is 0 Å². The van der Waals surface area contributed by atoms with Gasteiger partial charge in [-0.2, -0.15) is 4.31 Å². The molecule has 0 spiro atoms. The number of carbonyl (C=O) groups excluding carboxylic acids is 1. The molecule has 2 aliphatic heterocycles. The van der Waals surface area contributed by atoms with E-state index in [4.69, 9.17) is 9.26 Å². The van der Waals surface area contributed by atoms with Gasteiger partial charge in [0.1, 0.15) is 5.69 Å². The van der Waals surface area contributed by atoms with Gasteiger partial charge >= 0.3 is 0 Å². The molecule has 3 heterocycles. The van der Waals surface area contributed by atoms with Gasteiger partial charge in [-0.25, -0.2) is 8.42 Å². The molecule has 1 atom stereocenters. The molecule has 1 N–H and O–H groups in total. The van der Waals surface area contributed by atoms with Gasteiger partial charge in [0.2, 0.25) is 15.9 Å². The molecule has 9 heteroatoms. The lowest BCUT2D eigenvalue weighted by Gasteiger charge is -2.30. The van der Waals surface area contributed by atoms with Crippen LogP contribution in [0.3, 0.4) is 0 Å². The molecule has 0 bridgehead atoms. The fraction of sp³-hybridized carbons (Fsp3) is 0.500. The standard InChI is InChI=1S/C24H31N3O5S/c1-17-5-7-19(8-6-17)9-10-22-23(18(2)26-32-22)33(29,30)27-13-11-20(12-14-27)24(28)25-16-21-4-3-15-31-21/h5-10,20-21H,3-4,11-16H2,1-2H3,(H,25,28)/b10-9+/t21-/m0/s1. The second-order valence-corrected chi connectivity index (χ2v) is 10.6. The normalized spacial score (nSPS) is 20.5. The molecule has 178 valence electrons. The van der Waals surface area contributed by atoms with Crippen molar-refractivity contribution in [2.24, 2.45) is 5.92 Å². The highest BCUT2D eigenvalue weighted by Gasteiger charge is 2.36. The van der Waals surface area contributed by atoms with Crippen molar-refractivity contribution in [3.63, 3.8) is 0 Å². The Balaban J connectivity index is 1.40. The molecule has 8 nitrogen and oxygen atoms in total. The van der Waals surface area contributed by atoms with E-state index >= 15 is 0 Å². The third-order valence-corrected chi connectivity index (χ3v) is 8.35. The van der Waals surface area contributed by atoms with Crippen LogP contribution in [0.4, 0.5) is 0 Å². The van der Waals surface area contributed by atoms with Crippen molar-refractivity contribution in [2.45, 2.75) is 50.5 Å². The second kappa shape index (κ2) is 10.2. The van der Waals surface area contributed by atoms with Gasteiger partial charge in [0.05, 0.1) is 6.10 Å². The largest absolute Gasteiger partial charge is 0.376 e. The fourth-order valence-corrected chi connectivity index (χ4v) is 6.02. The SMILES string of the molecule is Cc1ccc(/C=C/c2onc(C)c2S(=O)(=O)N2CCC(C(=O)NC[C@@H]3CCCO3)CC2)cc1. The molecule has 4 rings (SSSR count). The number of ether oxygens (including phenoxy) is 1. The van der Waals surface area contributed by atoms with Gasteiger partial charge in [0.25, 0.3) is 0 Å². The Morgan fingerprint density at radius 2 is 1.88 bits per heavy atom. The maximum Gasteiger partial charge on any atom is 0.248 e. The summed E-state index contributed by atoms with van der Waals surface area (Å²) in [6, 6.07) is 7.89. The van der Waals surface area contributed by atoms with Crippen molar-refractivity contribution < 1.29 is 22.5 Å². The van der Waals surface area contributed by atoms with Crippen LogP contribution < -0.4 is 5.32 Å². The van der Waals surface area contributed by atoms with E-state index in [-0.39, 0.29) is 41.7 Å². The number of sulfonamides is 1. The summed E-state index contributed by atoms with van der Waals surface area (Å²) >= 11 is 0. The molecule has 2 fully saturated rings. The maximum absolute atomic E-state index is 13.4. The van der Waals surface area contributed by atoms with E-state index in [0.717, 1.165) is 30.6 Å². The van der Waals surface area contributed by atoms with Crippen LogP contribution >= 0.6 is 0 Å². The summed E-state index contributed by atoms with van der Waals surface area (Å²) < 4.78 is 39.1. The number of carbonyl (C=O) groups is 1. The smallest absolute Gasteiger partial charge is 0.248 e. The van der Waals surface area contributed by atoms with E-state index < -0.39 is 10.0 Å². The van der Waals surface area contributed by atoms with Crippen LogP contribution in [-0.4, -0.2) is 56.1 Å². The molecule has 1 aromatic heterocycles. The number of aromatic nitrogens is 1. The van der Waals surface area contributed by atoms with Gasteiger partial charge in [-0.05, 0) is 51.2 Å². The molecule has 0 saturated carbocycles. The van der Waals surface area contributed by atoms with Gasteiger partial charge in [-0.3, -0.25) is 4.79 Å². The molecule has 1 amide bonds. The minimum absolute atomic E-state index is 0.0228. The van der Waals surface area contributed by atoms with Crippen molar-refractivity contribution in [2.75, 3.05) is 26.2 Å². The molecule has 0 unspecified atom stereocenters. The van der Waals surface area contributed by atoms with E-state index in [2.05, 4.69) is 10.5 Å². The minimum Gasteiger partial charge on any atom is -0.376 e. The van der Waals surface area contributed by atoms with Gasteiger partial charge < -0.3 is 14.6 Å². The number of aryl methyl sites for hydroxylation is 2. The first kappa shape index (κ1) is 23.7. The Hall–Kier alpha value is -2.49. The van der Waals surface area contributed by atoms with E-state index in [1.807, 2.05) is 37.3 Å². The van der Waals surface area contributed by atoms with Crippen LogP contribution in [0.25, 0.3) is 12.2 Å². The molecule has 0 radical (unpaired) electrons. The van der Waals surface area contributed by atoms with Crippen LogP contribution in [0.15, 0.2) is 33.7 Å². The van der Waals surface area contributed by atoms with Crippen LogP contribution in [0.5, 0.6) is 0 Å². The number of nitrogens with one attached hydrogen (secondary N) is 1. The number of benzene rings is 1. The monoisotopic (exact) mass is 473 g/mol. The fourth-order valence-electron chi connectivity index (χ4n) is 4.30. The quantitative estimate of drug-likeness (QED) is 0.663. The molecule has 2 saturated heterocycles. The predicted molar refractivity (Wildman–Crippen MR) is 125 cm³/mol. The Bertz CT molecular complexity index is 1090. The highest BCUT2D eigenvalue weighted by Crippen LogP contribution is 2.29. The highest BCUT2D eigenvalue weighted by molar-refractivity contribution is 7.89. The van der Waals surface area contributed by atoms with Crippen molar-refractivity contribution in [1.29, 1.82) is 0 Å². The Kier molecular flexibility index (Phi) is 7.31. The topological polar surface area (TPSA) is 102 Å². The first-order valence-corrected chi connectivity index (χ1v) is 12.9. The minimum atomic E-state index is -3.79.